The first-order valence-corrected chi connectivity index (χ1v) is 3.57. The van der Waals surface area contributed by atoms with Crippen LogP contribution in [0.3, 0.4) is 0 Å². The molecule has 0 unspecified atom stereocenters. The van der Waals surface area contributed by atoms with Crippen LogP contribution < -0.4 is 0 Å². The second-order valence-corrected chi connectivity index (χ2v) is 2.23. The number of aromatic nitrogens is 3. The molecule has 1 heterocycles. The lowest BCUT2D eigenvalue weighted by Crippen LogP contribution is -1.98. The van der Waals surface area contributed by atoms with E-state index in [4.69, 9.17) is 0 Å². The van der Waals surface area contributed by atoms with Crippen LogP contribution in [-0.2, 0) is 6.54 Å². The standard InChI is InChI=1S/C7H12N3/c1-2-3-4-6-10-7-5-8-9-10/h5,7H,1-4,6H2. The fourth-order valence-electron chi connectivity index (χ4n) is 0.803. The molecule has 3 nitrogen and oxygen atoms in total. The normalized spacial score (nSPS) is 10.1. The van der Waals surface area contributed by atoms with Gasteiger partial charge in [-0.2, -0.15) is 0 Å². The van der Waals surface area contributed by atoms with Crippen LogP contribution in [0.15, 0.2) is 12.4 Å². The summed E-state index contributed by atoms with van der Waals surface area (Å²) in [5, 5.41) is 7.53. The predicted octanol–water partition coefficient (Wildman–Crippen LogP) is 1.28. The first-order chi connectivity index (χ1) is 4.93. The quantitative estimate of drug-likeness (QED) is 0.587. The fourth-order valence-corrected chi connectivity index (χ4v) is 0.803. The molecular weight excluding hydrogens is 126 g/mol. The maximum Gasteiger partial charge on any atom is 0.0692 e. The molecule has 0 aliphatic heterocycles. The lowest BCUT2D eigenvalue weighted by Gasteiger charge is -1.96. The Hall–Kier alpha value is -0.860. The summed E-state index contributed by atoms with van der Waals surface area (Å²) in [5.74, 6) is 0. The molecule has 3 heteroatoms. The summed E-state index contributed by atoms with van der Waals surface area (Å²) in [6.07, 6.45) is 6.90. The summed E-state index contributed by atoms with van der Waals surface area (Å²) in [7, 11) is 0. The van der Waals surface area contributed by atoms with E-state index in [-0.39, 0.29) is 0 Å². The average molecular weight is 138 g/mol. The molecule has 0 aliphatic rings. The summed E-state index contributed by atoms with van der Waals surface area (Å²) in [6, 6.07) is 0. The molecule has 0 N–H and O–H groups in total. The Morgan fingerprint density at radius 2 is 2.30 bits per heavy atom. The molecule has 10 heavy (non-hydrogen) atoms. The van der Waals surface area contributed by atoms with Crippen LogP contribution >= 0.6 is 0 Å². The summed E-state index contributed by atoms with van der Waals surface area (Å²) in [5.41, 5.74) is 0. The van der Waals surface area contributed by atoms with E-state index < -0.39 is 0 Å². The van der Waals surface area contributed by atoms with Crippen LogP contribution in [0.25, 0.3) is 0 Å². The van der Waals surface area contributed by atoms with Crippen molar-refractivity contribution in [2.24, 2.45) is 0 Å². The van der Waals surface area contributed by atoms with Crippen molar-refractivity contribution < 1.29 is 0 Å². The van der Waals surface area contributed by atoms with E-state index in [9.17, 15) is 0 Å². The fraction of sp³-hybridized carbons (Fsp3) is 0.571. The maximum atomic E-state index is 3.83. The highest BCUT2D eigenvalue weighted by molar-refractivity contribution is 4.63. The summed E-state index contributed by atoms with van der Waals surface area (Å²) in [4.78, 5) is 0. The molecule has 0 bridgehead atoms. The third-order valence-corrected chi connectivity index (χ3v) is 1.36. The zero-order chi connectivity index (χ0) is 7.23. The number of hydrogen-bond acceptors (Lipinski definition) is 2. The van der Waals surface area contributed by atoms with E-state index in [1.165, 1.54) is 6.42 Å². The predicted molar refractivity (Wildman–Crippen MR) is 39.2 cm³/mol. The zero-order valence-corrected chi connectivity index (χ0v) is 6.03. The minimum atomic E-state index is 0.968. The van der Waals surface area contributed by atoms with Gasteiger partial charge in [0.2, 0.25) is 0 Å². The van der Waals surface area contributed by atoms with Crippen molar-refractivity contribution in [3.63, 3.8) is 0 Å². The summed E-state index contributed by atoms with van der Waals surface area (Å²) < 4.78 is 1.84. The van der Waals surface area contributed by atoms with E-state index in [1.807, 2.05) is 10.9 Å². The van der Waals surface area contributed by atoms with Crippen molar-refractivity contribution in [3.8, 4) is 0 Å². The highest BCUT2D eigenvalue weighted by Crippen LogP contribution is 1.95. The SMILES string of the molecule is [CH2]CCCCn1ccnn1. The lowest BCUT2D eigenvalue weighted by atomic mass is 10.2. The molecular formula is C7H12N3. The number of aryl methyl sites for hydroxylation is 1. The van der Waals surface area contributed by atoms with E-state index in [1.54, 1.807) is 6.20 Å². The molecule has 1 aromatic heterocycles. The maximum absolute atomic E-state index is 3.83. The molecule has 0 aliphatic carbocycles. The molecule has 1 aromatic rings. The van der Waals surface area contributed by atoms with Gasteiger partial charge in [0.05, 0.1) is 6.20 Å². The van der Waals surface area contributed by atoms with Crippen LogP contribution in [-0.4, -0.2) is 15.0 Å². The Bertz CT molecular complexity index is 157. The van der Waals surface area contributed by atoms with Crippen LogP contribution in [0.2, 0.25) is 0 Å². The Balaban J connectivity index is 2.15. The van der Waals surface area contributed by atoms with Gasteiger partial charge in [0.25, 0.3) is 0 Å². The Kier molecular flexibility index (Phi) is 2.93. The first-order valence-electron chi connectivity index (χ1n) is 3.57. The van der Waals surface area contributed by atoms with Gasteiger partial charge in [-0.1, -0.05) is 25.0 Å². The number of unbranched alkanes of at least 4 members (excludes halogenated alkanes) is 2. The van der Waals surface area contributed by atoms with Crippen LogP contribution in [0.5, 0.6) is 0 Å². The Morgan fingerprint density at radius 1 is 1.40 bits per heavy atom. The van der Waals surface area contributed by atoms with Crippen LogP contribution in [0.4, 0.5) is 0 Å². The molecule has 1 radical (unpaired) electrons. The second-order valence-electron chi connectivity index (χ2n) is 2.23. The molecule has 55 valence electrons. The van der Waals surface area contributed by atoms with Crippen molar-refractivity contribution >= 4 is 0 Å². The van der Waals surface area contributed by atoms with Crippen molar-refractivity contribution in [2.75, 3.05) is 0 Å². The highest BCUT2D eigenvalue weighted by Gasteiger charge is 1.88. The van der Waals surface area contributed by atoms with Crippen LogP contribution in [0.1, 0.15) is 19.3 Å². The van der Waals surface area contributed by atoms with E-state index in [2.05, 4.69) is 17.2 Å². The van der Waals surface area contributed by atoms with Crippen LogP contribution in [0, 0.1) is 6.92 Å². The van der Waals surface area contributed by atoms with Gasteiger partial charge in [0.1, 0.15) is 0 Å². The lowest BCUT2D eigenvalue weighted by molar-refractivity contribution is 0.543. The van der Waals surface area contributed by atoms with E-state index >= 15 is 0 Å². The van der Waals surface area contributed by atoms with Gasteiger partial charge in [-0.05, 0) is 6.42 Å². The second kappa shape index (κ2) is 4.04. The van der Waals surface area contributed by atoms with Gasteiger partial charge in [-0.15, -0.1) is 5.10 Å². The van der Waals surface area contributed by atoms with Gasteiger partial charge >= 0.3 is 0 Å². The monoisotopic (exact) mass is 138 g/mol. The summed E-state index contributed by atoms with van der Waals surface area (Å²) >= 11 is 0. The molecule has 0 spiro atoms. The molecule has 0 saturated heterocycles. The average Bonchev–Trinajstić information content (AvgIpc) is 2.41. The largest absolute Gasteiger partial charge is 0.253 e. The summed E-state index contributed by atoms with van der Waals surface area (Å²) in [6.45, 7) is 4.73. The number of nitrogens with zero attached hydrogens (tertiary/aromatic N) is 3. The molecule has 0 fully saturated rings. The third-order valence-electron chi connectivity index (χ3n) is 1.36. The first kappa shape index (κ1) is 7.25. The van der Waals surface area contributed by atoms with E-state index in [0.29, 0.717) is 0 Å². The Morgan fingerprint density at radius 3 is 2.90 bits per heavy atom. The van der Waals surface area contributed by atoms with Gasteiger partial charge in [-0.25, -0.2) is 0 Å². The van der Waals surface area contributed by atoms with Gasteiger partial charge in [0, 0.05) is 12.7 Å². The Labute approximate surface area is 61.1 Å². The van der Waals surface area contributed by atoms with Crippen molar-refractivity contribution in [1.29, 1.82) is 0 Å². The zero-order valence-electron chi connectivity index (χ0n) is 6.03. The van der Waals surface area contributed by atoms with Crippen molar-refractivity contribution in [3.05, 3.63) is 19.3 Å². The number of hydrogen-bond donors (Lipinski definition) is 0. The third kappa shape index (κ3) is 2.17. The van der Waals surface area contributed by atoms with E-state index in [0.717, 1.165) is 19.4 Å². The minimum Gasteiger partial charge on any atom is -0.253 e. The van der Waals surface area contributed by atoms with Gasteiger partial charge in [-0.3, -0.25) is 4.68 Å². The molecule has 0 amide bonds. The number of rotatable bonds is 4. The molecule has 0 atom stereocenters. The van der Waals surface area contributed by atoms with Crippen molar-refractivity contribution in [1.82, 2.24) is 15.0 Å². The van der Waals surface area contributed by atoms with Crippen molar-refractivity contribution in [2.45, 2.75) is 25.8 Å². The van der Waals surface area contributed by atoms with Gasteiger partial charge in [0.15, 0.2) is 0 Å². The molecule has 0 aromatic carbocycles. The molecule has 0 saturated carbocycles. The smallest absolute Gasteiger partial charge is 0.0692 e. The topological polar surface area (TPSA) is 30.7 Å². The highest BCUT2D eigenvalue weighted by atomic mass is 15.4. The molecule has 1 rings (SSSR count). The van der Waals surface area contributed by atoms with Gasteiger partial charge < -0.3 is 0 Å². The minimum absolute atomic E-state index is 0.968.